The number of rotatable bonds is 6. The van der Waals surface area contributed by atoms with Crippen LogP contribution in [0.2, 0.25) is 5.02 Å². The summed E-state index contributed by atoms with van der Waals surface area (Å²) in [6.45, 7) is 0. The first-order valence-electron chi connectivity index (χ1n) is 8.42. The van der Waals surface area contributed by atoms with Crippen LogP contribution < -0.4 is 15.5 Å². The summed E-state index contributed by atoms with van der Waals surface area (Å²) in [6, 6.07) is 10.4. The molecule has 0 saturated carbocycles. The zero-order valence-electron chi connectivity index (χ0n) is 15.3. The number of fused-ring (bicyclic) bond motifs is 1. The maximum Gasteiger partial charge on any atom is 0.245 e. The lowest BCUT2D eigenvalue weighted by Gasteiger charge is -2.10. The lowest BCUT2D eigenvalue weighted by Crippen LogP contribution is -2.03. The smallest absolute Gasteiger partial charge is 0.245 e. The van der Waals surface area contributed by atoms with E-state index in [4.69, 9.17) is 16.3 Å². The highest BCUT2D eigenvalue weighted by molar-refractivity contribution is 9.10. The number of nitrogens with zero attached hydrogens (tertiary/aromatic N) is 5. The molecule has 0 spiro atoms. The molecule has 0 aliphatic heterocycles. The predicted molar refractivity (Wildman–Crippen MR) is 116 cm³/mol. The zero-order chi connectivity index (χ0) is 21.1. The Hall–Kier alpha value is -3.44. The van der Waals surface area contributed by atoms with Crippen molar-refractivity contribution in [1.29, 1.82) is 0 Å². The van der Waals surface area contributed by atoms with Crippen LogP contribution in [0.1, 0.15) is 5.56 Å². The number of nitrogens with one attached hydrogen (secondary N) is 2. The summed E-state index contributed by atoms with van der Waals surface area (Å²) in [5, 5.41) is 25.5. The summed E-state index contributed by atoms with van der Waals surface area (Å²) in [5.74, 6) is 0.847. The average molecular weight is 491 g/mol. The molecule has 30 heavy (non-hydrogen) atoms. The van der Waals surface area contributed by atoms with Crippen LogP contribution >= 0.6 is 27.5 Å². The third-order valence-electron chi connectivity index (χ3n) is 3.86. The van der Waals surface area contributed by atoms with E-state index in [0.717, 1.165) is 4.47 Å². The minimum Gasteiger partial charge on any atom is -0.504 e. The molecule has 4 rings (SSSR count). The largest absolute Gasteiger partial charge is 0.504 e. The maximum atomic E-state index is 10.3. The van der Waals surface area contributed by atoms with Gasteiger partial charge in [-0.25, -0.2) is 9.61 Å². The van der Waals surface area contributed by atoms with Crippen molar-refractivity contribution in [3.05, 3.63) is 51.5 Å². The molecule has 0 bridgehead atoms. The first-order chi connectivity index (χ1) is 14.5. The van der Waals surface area contributed by atoms with Crippen LogP contribution in [0.25, 0.3) is 11.3 Å². The van der Waals surface area contributed by atoms with Gasteiger partial charge in [0.05, 0.1) is 13.3 Å². The third-order valence-corrected chi connectivity index (χ3v) is 4.56. The first kappa shape index (κ1) is 19.9. The van der Waals surface area contributed by atoms with Gasteiger partial charge in [0.1, 0.15) is 0 Å². The highest BCUT2D eigenvalue weighted by atomic mass is 79.9. The lowest BCUT2D eigenvalue weighted by atomic mass is 10.2. The second kappa shape index (κ2) is 8.51. The van der Waals surface area contributed by atoms with Gasteiger partial charge >= 0.3 is 0 Å². The number of aromatic hydroxyl groups is 1. The standard InChI is InChI=1S/C18H13BrClN7O3/c1-29-13-6-10(19)5-9(14(13)28)8-21-25-16-15(22-12-4-2-3-11(20)7-12)23-17-18(24-16)27-30-26-17/h2-8,28H,1H3,(H,22,23,26)(H,24,25,27). The molecule has 12 heteroatoms. The molecule has 0 unspecified atom stereocenters. The number of anilines is 3. The van der Waals surface area contributed by atoms with Crippen molar-refractivity contribution in [2.75, 3.05) is 17.9 Å². The van der Waals surface area contributed by atoms with Crippen molar-refractivity contribution in [2.24, 2.45) is 5.10 Å². The SMILES string of the molecule is COc1cc(Br)cc(C=NNc2nc3nonc3nc2Nc2cccc(Cl)c2)c1O. The Morgan fingerprint density at radius 3 is 2.67 bits per heavy atom. The van der Waals surface area contributed by atoms with E-state index < -0.39 is 0 Å². The van der Waals surface area contributed by atoms with Crippen LogP contribution in [0, 0.1) is 0 Å². The van der Waals surface area contributed by atoms with E-state index in [2.05, 4.69) is 56.7 Å². The van der Waals surface area contributed by atoms with E-state index >= 15 is 0 Å². The molecule has 0 atom stereocenters. The van der Waals surface area contributed by atoms with E-state index in [9.17, 15) is 5.11 Å². The molecule has 2 aromatic carbocycles. The minimum atomic E-state index is -0.0502. The number of hydrazone groups is 1. The van der Waals surface area contributed by atoms with Crippen molar-refractivity contribution in [1.82, 2.24) is 20.3 Å². The molecule has 0 amide bonds. The number of phenols is 1. The summed E-state index contributed by atoms with van der Waals surface area (Å²) < 4.78 is 10.5. The Kier molecular flexibility index (Phi) is 5.63. The topological polar surface area (TPSA) is 131 Å². The van der Waals surface area contributed by atoms with E-state index in [1.807, 2.05) is 6.07 Å². The summed E-state index contributed by atoms with van der Waals surface area (Å²) >= 11 is 9.40. The van der Waals surface area contributed by atoms with Gasteiger partial charge in [0.15, 0.2) is 23.1 Å². The van der Waals surface area contributed by atoms with Crippen LogP contribution in [0.15, 0.2) is 50.6 Å². The summed E-state index contributed by atoms with van der Waals surface area (Å²) in [4.78, 5) is 8.66. The van der Waals surface area contributed by atoms with Crippen LogP contribution in [-0.4, -0.2) is 38.7 Å². The number of aromatic nitrogens is 4. The number of benzene rings is 2. The Morgan fingerprint density at radius 1 is 1.17 bits per heavy atom. The van der Waals surface area contributed by atoms with Gasteiger partial charge in [-0.3, -0.25) is 5.43 Å². The van der Waals surface area contributed by atoms with Gasteiger partial charge in [0.25, 0.3) is 0 Å². The fraction of sp³-hybridized carbons (Fsp3) is 0.0556. The molecule has 4 aromatic rings. The van der Waals surface area contributed by atoms with E-state index in [0.29, 0.717) is 27.8 Å². The number of halogens is 2. The highest BCUT2D eigenvalue weighted by Gasteiger charge is 2.13. The van der Waals surface area contributed by atoms with E-state index in [-0.39, 0.29) is 22.9 Å². The van der Waals surface area contributed by atoms with Crippen LogP contribution in [-0.2, 0) is 0 Å². The molecule has 0 aliphatic rings. The van der Waals surface area contributed by atoms with Gasteiger partial charge in [-0.1, -0.05) is 33.6 Å². The molecule has 0 fully saturated rings. The summed E-state index contributed by atoms with van der Waals surface area (Å²) in [5.41, 5.74) is 4.33. The minimum absolute atomic E-state index is 0.0502. The zero-order valence-corrected chi connectivity index (χ0v) is 17.6. The Bertz CT molecular complexity index is 1250. The number of phenolic OH excluding ortho intramolecular Hbond substituents is 1. The highest BCUT2D eigenvalue weighted by Crippen LogP contribution is 2.32. The van der Waals surface area contributed by atoms with Gasteiger partial charge < -0.3 is 15.2 Å². The quantitative estimate of drug-likeness (QED) is 0.267. The normalized spacial score (nSPS) is 11.2. The fourth-order valence-electron chi connectivity index (χ4n) is 2.52. The number of hydrogen-bond donors (Lipinski definition) is 3. The van der Waals surface area contributed by atoms with Crippen molar-refractivity contribution in [2.45, 2.75) is 0 Å². The van der Waals surface area contributed by atoms with E-state index in [1.165, 1.54) is 13.3 Å². The Labute approximate surface area is 183 Å². The summed E-state index contributed by atoms with van der Waals surface area (Å²) in [7, 11) is 1.46. The molecule has 2 aromatic heterocycles. The van der Waals surface area contributed by atoms with E-state index in [1.54, 1.807) is 30.3 Å². The van der Waals surface area contributed by atoms with Gasteiger partial charge in [-0.2, -0.15) is 10.1 Å². The number of methoxy groups -OCH3 is 1. The van der Waals surface area contributed by atoms with Gasteiger partial charge in [-0.05, 0) is 40.6 Å². The van der Waals surface area contributed by atoms with Crippen molar-refractivity contribution in [3.8, 4) is 11.5 Å². The van der Waals surface area contributed by atoms with Gasteiger partial charge in [0.2, 0.25) is 11.3 Å². The third kappa shape index (κ3) is 4.26. The summed E-state index contributed by atoms with van der Waals surface area (Å²) in [6.07, 6.45) is 1.42. The monoisotopic (exact) mass is 489 g/mol. The fourth-order valence-corrected chi connectivity index (χ4v) is 3.16. The van der Waals surface area contributed by atoms with Gasteiger partial charge in [0, 0.05) is 20.7 Å². The molecule has 0 radical (unpaired) electrons. The first-order valence-corrected chi connectivity index (χ1v) is 9.59. The molecule has 0 aliphatic carbocycles. The van der Waals surface area contributed by atoms with Crippen LogP contribution in [0.3, 0.4) is 0 Å². The Balaban J connectivity index is 1.65. The molecule has 0 saturated heterocycles. The van der Waals surface area contributed by atoms with Crippen molar-refractivity contribution in [3.63, 3.8) is 0 Å². The van der Waals surface area contributed by atoms with Crippen molar-refractivity contribution >= 4 is 62.4 Å². The van der Waals surface area contributed by atoms with Crippen LogP contribution in [0.5, 0.6) is 11.5 Å². The molecule has 152 valence electrons. The van der Waals surface area contributed by atoms with Gasteiger partial charge in [-0.15, -0.1) is 0 Å². The predicted octanol–water partition coefficient (Wildman–Crippen LogP) is 4.33. The number of hydrogen-bond acceptors (Lipinski definition) is 10. The molecular formula is C18H13BrClN7O3. The Morgan fingerprint density at radius 2 is 1.93 bits per heavy atom. The molecule has 2 heterocycles. The number of ether oxygens (including phenoxy) is 1. The molecule has 3 N–H and O–H groups in total. The van der Waals surface area contributed by atoms with Crippen LogP contribution in [0.4, 0.5) is 17.3 Å². The maximum absolute atomic E-state index is 10.3. The average Bonchev–Trinajstić information content (AvgIpc) is 3.17. The lowest BCUT2D eigenvalue weighted by molar-refractivity contribution is 0.314. The second-order valence-corrected chi connectivity index (χ2v) is 7.24. The molecular weight excluding hydrogens is 478 g/mol. The van der Waals surface area contributed by atoms with Crippen molar-refractivity contribution < 1.29 is 14.5 Å². The second-order valence-electron chi connectivity index (χ2n) is 5.88. The molecule has 10 nitrogen and oxygen atoms in total.